The van der Waals surface area contributed by atoms with E-state index in [4.69, 9.17) is 9.47 Å². The van der Waals surface area contributed by atoms with E-state index in [1.807, 2.05) is 0 Å². The summed E-state index contributed by atoms with van der Waals surface area (Å²) in [6.07, 6.45) is 0. The molecule has 4 heteroatoms. The lowest BCUT2D eigenvalue weighted by Gasteiger charge is -2.15. The van der Waals surface area contributed by atoms with Crippen LogP contribution in [0.3, 0.4) is 0 Å². The van der Waals surface area contributed by atoms with Crippen LogP contribution >= 0.6 is 0 Å². The maximum atomic E-state index is 9.71. The summed E-state index contributed by atoms with van der Waals surface area (Å²) < 4.78 is 9.93. The molecule has 78 valence electrons. The van der Waals surface area contributed by atoms with Gasteiger partial charge in [-0.05, 0) is 13.8 Å². The first-order valence-electron chi connectivity index (χ1n) is 4.17. The van der Waals surface area contributed by atoms with Crippen LogP contribution in [0.4, 0.5) is 0 Å². The van der Waals surface area contributed by atoms with Crippen LogP contribution in [0.2, 0.25) is 0 Å². The Hall–Kier alpha value is -1.58. The molecule has 0 fully saturated rings. The molecule has 0 saturated heterocycles. The first-order chi connectivity index (χ1) is 6.54. The molecule has 0 amide bonds. The number of phenols is 2. The molecule has 14 heavy (non-hydrogen) atoms. The molecule has 0 aromatic heterocycles. The normalized spacial score (nSPS) is 10.0. The molecule has 0 radical (unpaired) electrons. The Labute approximate surface area is 82.7 Å². The van der Waals surface area contributed by atoms with E-state index in [2.05, 4.69) is 0 Å². The van der Waals surface area contributed by atoms with E-state index < -0.39 is 0 Å². The number of hydrogen-bond donors (Lipinski definition) is 2. The molecule has 0 spiro atoms. The average Bonchev–Trinajstić information content (AvgIpc) is 2.16. The Kier molecular flexibility index (Phi) is 2.74. The second kappa shape index (κ2) is 3.65. The fourth-order valence-electron chi connectivity index (χ4n) is 1.45. The van der Waals surface area contributed by atoms with Gasteiger partial charge < -0.3 is 19.7 Å². The van der Waals surface area contributed by atoms with Crippen LogP contribution in [0.15, 0.2) is 0 Å². The van der Waals surface area contributed by atoms with Gasteiger partial charge >= 0.3 is 0 Å². The topological polar surface area (TPSA) is 58.9 Å². The summed E-state index contributed by atoms with van der Waals surface area (Å²) in [6.45, 7) is 3.33. The first-order valence-corrected chi connectivity index (χ1v) is 4.17. The van der Waals surface area contributed by atoms with E-state index in [-0.39, 0.29) is 23.0 Å². The summed E-state index contributed by atoms with van der Waals surface area (Å²) in [4.78, 5) is 0. The second-order valence-electron chi connectivity index (χ2n) is 3.01. The number of benzene rings is 1. The molecule has 1 aromatic carbocycles. The third kappa shape index (κ3) is 1.32. The average molecular weight is 198 g/mol. The Morgan fingerprint density at radius 1 is 0.786 bits per heavy atom. The Morgan fingerprint density at radius 2 is 1.14 bits per heavy atom. The number of ether oxygens (including phenoxy) is 2. The summed E-state index contributed by atoms with van der Waals surface area (Å²) in [5, 5.41) is 19.4. The predicted molar refractivity (Wildman–Crippen MR) is 52.3 cm³/mol. The zero-order chi connectivity index (χ0) is 10.9. The number of methoxy groups -OCH3 is 2. The molecule has 0 unspecified atom stereocenters. The maximum Gasteiger partial charge on any atom is 0.201 e. The van der Waals surface area contributed by atoms with E-state index in [9.17, 15) is 10.2 Å². The van der Waals surface area contributed by atoms with Gasteiger partial charge in [0.15, 0.2) is 11.5 Å². The van der Waals surface area contributed by atoms with Gasteiger partial charge in [0.1, 0.15) is 5.75 Å². The summed E-state index contributed by atoms with van der Waals surface area (Å²) in [6, 6.07) is 0. The van der Waals surface area contributed by atoms with E-state index in [1.165, 1.54) is 14.2 Å². The highest BCUT2D eigenvalue weighted by atomic mass is 16.5. The van der Waals surface area contributed by atoms with Gasteiger partial charge in [0.05, 0.1) is 14.2 Å². The highest BCUT2D eigenvalue weighted by molar-refractivity contribution is 5.64. The summed E-state index contributed by atoms with van der Waals surface area (Å²) in [7, 11) is 2.85. The Balaban J connectivity index is 3.56. The molecule has 0 aliphatic heterocycles. The van der Waals surface area contributed by atoms with Crippen molar-refractivity contribution < 1.29 is 19.7 Å². The van der Waals surface area contributed by atoms with Crippen LogP contribution in [0.1, 0.15) is 11.1 Å². The van der Waals surface area contributed by atoms with Crippen molar-refractivity contribution in [1.29, 1.82) is 0 Å². The molecule has 0 aliphatic rings. The van der Waals surface area contributed by atoms with Gasteiger partial charge in [-0.2, -0.15) is 0 Å². The molecule has 4 nitrogen and oxygen atoms in total. The van der Waals surface area contributed by atoms with Gasteiger partial charge in [0, 0.05) is 11.1 Å². The number of rotatable bonds is 2. The molecular weight excluding hydrogens is 184 g/mol. The zero-order valence-corrected chi connectivity index (χ0v) is 8.71. The molecule has 0 atom stereocenters. The molecule has 0 heterocycles. The second-order valence-corrected chi connectivity index (χ2v) is 3.01. The van der Waals surface area contributed by atoms with Crippen LogP contribution in [-0.2, 0) is 0 Å². The van der Waals surface area contributed by atoms with Crippen LogP contribution < -0.4 is 9.47 Å². The van der Waals surface area contributed by atoms with Gasteiger partial charge in [-0.3, -0.25) is 0 Å². The minimum absolute atomic E-state index is 0.0801. The zero-order valence-electron chi connectivity index (χ0n) is 8.71. The van der Waals surface area contributed by atoms with E-state index >= 15 is 0 Å². The number of phenolic OH excluding ortho intramolecular Hbond substituents is 2. The van der Waals surface area contributed by atoms with Crippen molar-refractivity contribution in [1.82, 2.24) is 0 Å². The van der Waals surface area contributed by atoms with Crippen LogP contribution in [0.5, 0.6) is 23.0 Å². The van der Waals surface area contributed by atoms with E-state index in [1.54, 1.807) is 13.8 Å². The summed E-state index contributed by atoms with van der Waals surface area (Å²) in [5.74, 6) is 0.481. The largest absolute Gasteiger partial charge is 0.507 e. The van der Waals surface area contributed by atoms with E-state index in [0.29, 0.717) is 11.1 Å². The minimum Gasteiger partial charge on any atom is -0.507 e. The van der Waals surface area contributed by atoms with Crippen molar-refractivity contribution in [2.24, 2.45) is 0 Å². The highest BCUT2D eigenvalue weighted by Crippen LogP contribution is 2.46. The fourth-order valence-corrected chi connectivity index (χ4v) is 1.45. The number of hydrogen-bond acceptors (Lipinski definition) is 4. The van der Waals surface area contributed by atoms with Gasteiger partial charge in [0.25, 0.3) is 0 Å². The SMILES string of the molecule is COc1c(C)c(O)c(C)c(OC)c1O. The third-order valence-electron chi connectivity index (χ3n) is 2.23. The molecule has 0 saturated carbocycles. The van der Waals surface area contributed by atoms with Crippen molar-refractivity contribution in [3.63, 3.8) is 0 Å². The van der Waals surface area contributed by atoms with Crippen LogP contribution in [-0.4, -0.2) is 24.4 Å². The minimum atomic E-state index is -0.0807. The Morgan fingerprint density at radius 3 is 1.43 bits per heavy atom. The van der Waals surface area contributed by atoms with Gasteiger partial charge in [0.2, 0.25) is 5.75 Å². The fraction of sp³-hybridized carbons (Fsp3) is 0.400. The lowest BCUT2D eigenvalue weighted by Crippen LogP contribution is -1.95. The molecule has 1 rings (SSSR count). The van der Waals surface area contributed by atoms with Gasteiger partial charge in [-0.25, -0.2) is 0 Å². The predicted octanol–water partition coefficient (Wildman–Crippen LogP) is 1.73. The van der Waals surface area contributed by atoms with Crippen LogP contribution in [0.25, 0.3) is 0 Å². The number of aromatic hydroxyl groups is 2. The quantitative estimate of drug-likeness (QED) is 0.710. The lowest BCUT2D eigenvalue weighted by atomic mass is 10.1. The molecule has 0 aliphatic carbocycles. The molecule has 0 bridgehead atoms. The monoisotopic (exact) mass is 198 g/mol. The molecule has 2 N–H and O–H groups in total. The standard InChI is InChI=1S/C10H14O4/c1-5-7(11)6(2)10(14-4)8(12)9(5)13-3/h11-12H,1-4H3. The highest BCUT2D eigenvalue weighted by Gasteiger charge is 2.19. The van der Waals surface area contributed by atoms with Crippen molar-refractivity contribution in [2.75, 3.05) is 14.2 Å². The van der Waals surface area contributed by atoms with Gasteiger partial charge in [-0.1, -0.05) is 0 Å². The smallest absolute Gasteiger partial charge is 0.201 e. The Bertz CT molecular complexity index is 327. The summed E-state index contributed by atoms with van der Waals surface area (Å²) in [5.41, 5.74) is 1.01. The van der Waals surface area contributed by atoms with E-state index in [0.717, 1.165) is 0 Å². The summed E-state index contributed by atoms with van der Waals surface area (Å²) >= 11 is 0. The van der Waals surface area contributed by atoms with Gasteiger partial charge in [-0.15, -0.1) is 0 Å². The first kappa shape index (κ1) is 10.5. The van der Waals surface area contributed by atoms with Crippen molar-refractivity contribution in [3.05, 3.63) is 11.1 Å². The maximum absolute atomic E-state index is 9.71. The van der Waals surface area contributed by atoms with Crippen molar-refractivity contribution >= 4 is 0 Å². The molecular formula is C10H14O4. The lowest BCUT2D eigenvalue weighted by molar-refractivity contribution is 0.330. The molecule has 1 aromatic rings. The van der Waals surface area contributed by atoms with Crippen LogP contribution in [0, 0.1) is 13.8 Å². The van der Waals surface area contributed by atoms with Crippen molar-refractivity contribution in [3.8, 4) is 23.0 Å². The van der Waals surface area contributed by atoms with Crippen molar-refractivity contribution in [2.45, 2.75) is 13.8 Å². The third-order valence-corrected chi connectivity index (χ3v) is 2.23.